The monoisotopic (exact) mass is 366 g/mol. The van der Waals surface area contributed by atoms with E-state index >= 15 is 0 Å². The molecular weight excluding hydrogens is 347 g/mol. The highest BCUT2D eigenvalue weighted by atomic mass is 31.2. The third-order valence-corrected chi connectivity index (χ3v) is 4.28. The molecule has 0 aliphatic carbocycles. The van der Waals surface area contributed by atoms with Gasteiger partial charge in [0.1, 0.15) is 12.3 Å². The number of aliphatic hydroxyl groups excluding tert-OH is 1. The Labute approximate surface area is 136 Å². The van der Waals surface area contributed by atoms with Gasteiger partial charge in [-0.2, -0.15) is 0 Å². The van der Waals surface area contributed by atoms with Crippen molar-refractivity contribution in [3.63, 3.8) is 0 Å². The van der Waals surface area contributed by atoms with Crippen LogP contribution < -0.4 is 11.2 Å². The molecule has 1 aliphatic rings. The molecule has 1 aromatic rings. The van der Waals surface area contributed by atoms with Crippen LogP contribution in [0.15, 0.2) is 21.9 Å². The number of aromatic amines is 1. The highest BCUT2D eigenvalue weighted by Gasteiger charge is 2.37. The number of methoxy groups -OCH3 is 1. The van der Waals surface area contributed by atoms with E-state index in [1.54, 1.807) is 0 Å². The fourth-order valence-electron chi connectivity index (χ4n) is 2.18. The quantitative estimate of drug-likeness (QED) is 0.309. The number of phosphoric ester groups is 1. The van der Waals surface area contributed by atoms with Crippen molar-refractivity contribution in [1.82, 2.24) is 9.55 Å². The molecule has 1 aromatic heterocycles. The van der Waals surface area contributed by atoms with Crippen LogP contribution in [0.5, 0.6) is 0 Å². The van der Waals surface area contributed by atoms with Crippen molar-refractivity contribution in [3.05, 3.63) is 33.1 Å². The van der Waals surface area contributed by atoms with Crippen molar-refractivity contribution in [2.24, 2.45) is 0 Å². The molecule has 1 fully saturated rings. The summed E-state index contributed by atoms with van der Waals surface area (Å²) in [6.45, 7) is -0.0982. The number of phosphoric acid groups is 1. The van der Waals surface area contributed by atoms with Gasteiger partial charge in [-0.05, 0) is 12.8 Å². The first kappa shape index (κ1) is 19.0. The Morgan fingerprint density at radius 3 is 2.88 bits per heavy atom. The Morgan fingerprint density at radius 2 is 2.21 bits per heavy atom. The number of nitrogens with one attached hydrogen (secondary N) is 1. The standard InChI is InChI=1S/C12H19N2O9P/c1-20-6-7-21-24(18,19)23-11(16)8-2-3-10(22-8)14-5-4-9(15)13-12(14)17/h4-5,8,10-11,16H,2-3,6-7H2,1H3,(H,18,19)(H,13,15,17)/t8-,10+,11?/m0/s1. The minimum absolute atomic E-state index is 0.0845. The molecule has 2 rings (SSSR count). The van der Waals surface area contributed by atoms with E-state index in [2.05, 4.69) is 18.8 Å². The Morgan fingerprint density at radius 1 is 1.46 bits per heavy atom. The average molecular weight is 366 g/mol. The van der Waals surface area contributed by atoms with E-state index in [9.17, 15) is 24.2 Å². The van der Waals surface area contributed by atoms with Crippen LogP contribution in [0, 0.1) is 0 Å². The topological polar surface area (TPSA) is 149 Å². The summed E-state index contributed by atoms with van der Waals surface area (Å²) in [5, 5.41) is 9.88. The Kier molecular flexibility index (Phi) is 6.47. The first-order valence-corrected chi connectivity index (χ1v) is 8.61. The zero-order valence-corrected chi connectivity index (χ0v) is 13.8. The molecule has 4 atom stereocenters. The zero-order valence-electron chi connectivity index (χ0n) is 12.9. The maximum Gasteiger partial charge on any atom is 0.474 e. The number of nitrogens with zero attached hydrogens (tertiary/aromatic N) is 1. The number of aromatic nitrogens is 2. The first-order valence-electron chi connectivity index (χ1n) is 7.12. The van der Waals surface area contributed by atoms with Crippen molar-refractivity contribution in [1.29, 1.82) is 0 Å². The highest BCUT2D eigenvalue weighted by molar-refractivity contribution is 7.47. The lowest BCUT2D eigenvalue weighted by Crippen LogP contribution is -2.33. The maximum absolute atomic E-state index is 11.7. The normalized spacial score (nSPS) is 24.6. The SMILES string of the molecule is COCCOP(=O)(O)OC(O)[C@@H]1CC[C@H](n2ccc(=O)[nH]c2=O)O1. The Hall–Kier alpha value is -1.33. The van der Waals surface area contributed by atoms with Gasteiger partial charge in [-0.1, -0.05) is 0 Å². The van der Waals surface area contributed by atoms with Gasteiger partial charge in [0.2, 0.25) is 0 Å². The molecule has 0 spiro atoms. The van der Waals surface area contributed by atoms with E-state index in [0.29, 0.717) is 6.42 Å². The number of rotatable bonds is 8. The van der Waals surface area contributed by atoms with E-state index in [1.165, 1.54) is 13.3 Å². The molecule has 0 amide bonds. The summed E-state index contributed by atoms with van der Waals surface area (Å²) in [6, 6.07) is 1.16. The second-order valence-corrected chi connectivity index (χ2v) is 6.42. The van der Waals surface area contributed by atoms with Crippen LogP contribution in [0.1, 0.15) is 19.1 Å². The molecule has 1 aliphatic heterocycles. The predicted octanol–water partition coefficient (Wildman–Crippen LogP) is -0.687. The molecule has 12 heteroatoms. The van der Waals surface area contributed by atoms with E-state index in [4.69, 9.17) is 4.74 Å². The van der Waals surface area contributed by atoms with E-state index < -0.39 is 37.7 Å². The number of aliphatic hydroxyl groups is 1. The third-order valence-electron chi connectivity index (χ3n) is 3.29. The molecule has 2 unspecified atom stereocenters. The summed E-state index contributed by atoms with van der Waals surface area (Å²) in [5.41, 5.74) is -1.19. The van der Waals surface area contributed by atoms with Crippen LogP contribution in [0.25, 0.3) is 0 Å². The predicted molar refractivity (Wildman–Crippen MR) is 79.2 cm³/mol. The number of hydrogen-bond donors (Lipinski definition) is 3. The number of ether oxygens (including phenoxy) is 2. The van der Waals surface area contributed by atoms with Crippen LogP contribution >= 0.6 is 7.82 Å². The lowest BCUT2D eigenvalue weighted by atomic mass is 10.2. The second-order valence-electron chi connectivity index (χ2n) is 5.01. The van der Waals surface area contributed by atoms with Crippen molar-refractivity contribution in [3.8, 4) is 0 Å². The lowest BCUT2D eigenvalue weighted by Gasteiger charge is -2.22. The van der Waals surface area contributed by atoms with Crippen LogP contribution in [0.4, 0.5) is 0 Å². The van der Waals surface area contributed by atoms with Gasteiger partial charge in [-0.3, -0.25) is 23.4 Å². The van der Waals surface area contributed by atoms with E-state index in [0.717, 1.165) is 10.6 Å². The fourth-order valence-corrected chi connectivity index (χ4v) is 2.96. The van der Waals surface area contributed by atoms with Crippen LogP contribution in [0.3, 0.4) is 0 Å². The zero-order chi connectivity index (χ0) is 17.7. The Bertz CT molecular complexity index is 702. The molecule has 136 valence electrons. The first-order chi connectivity index (χ1) is 11.3. The summed E-state index contributed by atoms with van der Waals surface area (Å²) < 4.78 is 32.1. The smallest absolute Gasteiger partial charge is 0.382 e. The minimum Gasteiger partial charge on any atom is -0.382 e. The fraction of sp³-hybridized carbons (Fsp3) is 0.667. The summed E-state index contributed by atoms with van der Waals surface area (Å²) in [4.78, 5) is 34.3. The van der Waals surface area contributed by atoms with Gasteiger partial charge in [0.25, 0.3) is 5.56 Å². The van der Waals surface area contributed by atoms with Crippen molar-refractivity contribution >= 4 is 7.82 Å². The molecule has 3 N–H and O–H groups in total. The second kappa shape index (κ2) is 8.17. The van der Waals surface area contributed by atoms with E-state index in [-0.39, 0.29) is 19.6 Å². The van der Waals surface area contributed by atoms with Crippen molar-refractivity contribution in [2.45, 2.75) is 31.5 Å². The Balaban J connectivity index is 1.93. The summed E-state index contributed by atoms with van der Waals surface area (Å²) in [6.07, 6.45) is -1.49. The van der Waals surface area contributed by atoms with Crippen LogP contribution in [0.2, 0.25) is 0 Å². The molecule has 2 heterocycles. The van der Waals surface area contributed by atoms with Gasteiger partial charge in [0, 0.05) is 19.4 Å². The summed E-state index contributed by atoms with van der Waals surface area (Å²) >= 11 is 0. The van der Waals surface area contributed by atoms with Gasteiger partial charge >= 0.3 is 13.5 Å². The van der Waals surface area contributed by atoms with Crippen molar-refractivity contribution < 1.29 is 33.1 Å². The molecular formula is C12H19N2O9P. The van der Waals surface area contributed by atoms with Crippen molar-refractivity contribution in [2.75, 3.05) is 20.3 Å². The lowest BCUT2D eigenvalue weighted by molar-refractivity contribution is -0.146. The minimum atomic E-state index is -4.46. The number of H-pyrrole nitrogens is 1. The largest absolute Gasteiger partial charge is 0.474 e. The molecule has 1 saturated heterocycles. The molecule has 0 radical (unpaired) electrons. The molecule has 0 aromatic carbocycles. The molecule has 11 nitrogen and oxygen atoms in total. The third kappa shape index (κ3) is 5.08. The molecule has 0 saturated carbocycles. The van der Waals surface area contributed by atoms with Gasteiger partial charge < -0.3 is 19.5 Å². The van der Waals surface area contributed by atoms with E-state index in [1.807, 2.05) is 0 Å². The van der Waals surface area contributed by atoms with Gasteiger partial charge in [-0.15, -0.1) is 0 Å². The number of hydrogen-bond acceptors (Lipinski definition) is 8. The summed E-state index contributed by atoms with van der Waals surface area (Å²) in [7, 11) is -3.07. The summed E-state index contributed by atoms with van der Waals surface area (Å²) in [5.74, 6) is 0. The highest BCUT2D eigenvalue weighted by Crippen LogP contribution is 2.45. The van der Waals surface area contributed by atoms with Gasteiger partial charge in [-0.25, -0.2) is 9.36 Å². The van der Waals surface area contributed by atoms with Gasteiger partial charge in [0.05, 0.1) is 13.2 Å². The molecule has 24 heavy (non-hydrogen) atoms. The average Bonchev–Trinajstić information content (AvgIpc) is 2.96. The maximum atomic E-state index is 11.7. The van der Waals surface area contributed by atoms with Gasteiger partial charge in [0.15, 0.2) is 6.29 Å². The molecule has 0 bridgehead atoms. The van der Waals surface area contributed by atoms with Crippen LogP contribution in [-0.4, -0.2) is 52.3 Å². The van der Waals surface area contributed by atoms with Crippen LogP contribution in [-0.2, 0) is 23.1 Å².